The number of hydrogen-bond donors (Lipinski definition) is 0. The monoisotopic (exact) mass is 458 g/mol. The van der Waals surface area contributed by atoms with Crippen molar-refractivity contribution in [2.75, 3.05) is 0 Å². The summed E-state index contributed by atoms with van der Waals surface area (Å²) in [5, 5.41) is 0. The van der Waals surface area contributed by atoms with Crippen LogP contribution in [0.25, 0.3) is 11.1 Å². The fourth-order valence-corrected chi connectivity index (χ4v) is 4.10. The molecule has 2 aromatic carbocycles. The van der Waals surface area contributed by atoms with Crippen molar-refractivity contribution in [1.82, 2.24) is 0 Å². The zero-order valence-electron chi connectivity index (χ0n) is 15.7. The number of halogens is 10. The van der Waals surface area contributed by atoms with Gasteiger partial charge in [-0.2, -0.15) is 43.9 Å². The molecule has 0 heterocycles. The van der Waals surface area contributed by atoms with Gasteiger partial charge in [0.1, 0.15) is 0 Å². The predicted octanol–water partition coefficient (Wildman–Crippen LogP) is 7.91. The fraction of sp³-hybridized carbons (Fsp3) is 0.429. The van der Waals surface area contributed by atoms with E-state index in [0.29, 0.717) is 11.1 Å². The molecule has 0 aliphatic heterocycles. The van der Waals surface area contributed by atoms with E-state index in [2.05, 4.69) is 0 Å². The lowest BCUT2D eigenvalue weighted by atomic mass is 9.70. The van der Waals surface area contributed by atoms with E-state index in [0.717, 1.165) is 0 Å². The molecule has 0 aromatic heterocycles. The summed E-state index contributed by atoms with van der Waals surface area (Å²) in [4.78, 5) is 0. The zero-order chi connectivity index (χ0) is 23.3. The molecule has 3 rings (SSSR count). The summed E-state index contributed by atoms with van der Waals surface area (Å²) in [6.45, 7) is 0. The average Bonchev–Trinajstić information content (AvgIpc) is 2.94. The van der Waals surface area contributed by atoms with Crippen LogP contribution in [0.5, 0.6) is 0 Å². The van der Waals surface area contributed by atoms with Crippen molar-refractivity contribution in [2.24, 2.45) is 0 Å². The smallest absolute Gasteiger partial charge is 0.196 e. The van der Waals surface area contributed by atoms with E-state index in [1.807, 2.05) is 0 Å². The van der Waals surface area contributed by atoms with Crippen LogP contribution in [0.2, 0.25) is 0 Å². The predicted molar refractivity (Wildman–Crippen MR) is 93.1 cm³/mol. The van der Waals surface area contributed by atoms with Crippen LogP contribution in [0.15, 0.2) is 48.5 Å². The lowest BCUT2D eigenvalue weighted by molar-refractivity contribution is -0.287. The highest BCUT2D eigenvalue weighted by Crippen LogP contribution is 2.56. The molecule has 0 saturated heterocycles. The number of alkyl halides is 10. The number of benzene rings is 2. The minimum Gasteiger partial charge on any atom is -0.196 e. The minimum atomic E-state index is -5.87. The van der Waals surface area contributed by atoms with Crippen LogP contribution in [0.4, 0.5) is 43.9 Å². The van der Waals surface area contributed by atoms with Gasteiger partial charge < -0.3 is 0 Å². The van der Waals surface area contributed by atoms with Crippen molar-refractivity contribution in [3.63, 3.8) is 0 Å². The van der Waals surface area contributed by atoms with Crippen LogP contribution >= 0.6 is 0 Å². The van der Waals surface area contributed by atoms with Crippen molar-refractivity contribution in [3.8, 4) is 11.1 Å². The second kappa shape index (κ2) is 7.41. The molecule has 0 N–H and O–H groups in total. The topological polar surface area (TPSA) is 0 Å². The first kappa shape index (κ1) is 23.4. The summed E-state index contributed by atoms with van der Waals surface area (Å²) >= 11 is 0. The zero-order valence-corrected chi connectivity index (χ0v) is 15.7. The van der Waals surface area contributed by atoms with E-state index in [4.69, 9.17) is 0 Å². The number of fused-ring (bicyclic) bond motifs is 3. The molecule has 0 radical (unpaired) electrons. The van der Waals surface area contributed by atoms with Crippen molar-refractivity contribution in [2.45, 2.75) is 55.3 Å². The summed E-state index contributed by atoms with van der Waals surface area (Å²) in [5.74, 6) is -10.3. The Hall–Kier alpha value is -2.26. The Morgan fingerprint density at radius 1 is 0.516 bits per heavy atom. The van der Waals surface area contributed by atoms with Gasteiger partial charge in [-0.05, 0) is 35.1 Å². The van der Waals surface area contributed by atoms with Gasteiger partial charge in [-0.3, -0.25) is 0 Å². The maximum absolute atomic E-state index is 13.7. The van der Waals surface area contributed by atoms with E-state index in [1.54, 1.807) is 12.1 Å². The summed E-state index contributed by atoms with van der Waals surface area (Å²) in [6.07, 6.45) is -17.2. The molecule has 0 unspecified atom stereocenters. The standard InChI is InChI=1S/C21H16F10/c22-18(23,20(26,27)28)11-9-17(10-12-19(24,25)21(29,30)31)15-7-3-1-5-13(15)14-6-2-4-8-16(14)17/h1-8H,9-12H2. The van der Waals surface area contributed by atoms with Gasteiger partial charge in [0.2, 0.25) is 0 Å². The van der Waals surface area contributed by atoms with E-state index in [9.17, 15) is 43.9 Å². The Bertz CT molecular complexity index is 862. The second-order valence-electron chi connectivity index (χ2n) is 7.58. The molecule has 0 saturated carbocycles. The average molecular weight is 458 g/mol. The largest absolute Gasteiger partial charge is 0.453 e. The van der Waals surface area contributed by atoms with Gasteiger partial charge in [0.15, 0.2) is 0 Å². The summed E-state index contributed by atoms with van der Waals surface area (Å²) in [5.41, 5.74) is -0.719. The molecule has 2 aromatic rings. The van der Waals surface area contributed by atoms with E-state index in [1.165, 1.54) is 36.4 Å². The SMILES string of the molecule is FC(F)(F)C(F)(F)CCC1(CCC(F)(F)C(F)(F)F)c2ccccc2-c2ccccc21. The quantitative estimate of drug-likeness (QED) is 0.386. The first-order valence-electron chi connectivity index (χ1n) is 9.21. The van der Waals surface area contributed by atoms with Gasteiger partial charge in [0, 0.05) is 18.3 Å². The lowest BCUT2D eigenvalue weighted by Gasteiger charge is -2.35. The Morgan fingerprint density at radius 2 is 0.839 bits per heavy atom. The molecule has 0 nitrogen and oxygen atoms in total. The van der Waals surface area contributed by atoms with E-state index >= 15 is 0 Å². The fourth-order valence-electron chi connectivity index (χ4n) is 4.10. The Labute approximate surface area is 170 Å². The molecule has 0 amide bonds. The van der Waals surface area contributed by atoms with Crippen LogP contribution in [0.1, 0.15) is 36.8 Å². The highest BCUT2D eigenvalue weighted by Gasteiger charge is 2.60. The Kier molecular flexibility index (Phi) is 5.59. The van der Waals surface area contributed by atoms with Gasteiger partial charge in [-0.1, -0.05) is 48.5 Å². The molecular formula is C21H16F10. The van der Waals surface area contributed by atoms with Gasteiger partial charge in [0.05, 0.1) is 0 Å². The molecule has 1 aliphatic rings. The lowest BCUT2D eigenvalue weighted by Crippen LogP contribution is -2.41. The van der Waals surface area contributed by atoms with E-state index in [-0.39, 0.29) is 11.1 Å². The van der Waals surface area contributed by atoms with Gasteiger partial charge in [-0.25, -0.2) is 0 Å². The maximum Gasteiger partial charge on any atom is 0.453 e. The minimum absolute atomic E-state index is 0.159. The molecule has 0 bridgehead atoms. The molecule has 10 heteroatoms. The normalized spacial score (nSPS) is 16.2. The summed E-state index contributed by atoms with van der Waals surface area (Å²) in [7, 11) is 0. The highest BCUT2D eigenvalue weighted by molar-refractivity contribution is 5.81. The van der Waals surface area contributed by atoms with Gasteiger partial charge in [0.25, 0.3) is 0 Å². The molecule has 0 fully saturated rings. The van der Waals surface area contributed by atoms with Crippen molar-refractivity contribution < 1.29 is 43.9 Å². The van der Waals surface area contributed by atoms with Crippen LogP contribution < -0.4 is 0 Å². The Balaban J connectivity index is 2.10. The van der Waals surface area contributed by atoms with Crippen LogP contribution in [-0.2, 0) is 5.41 Å². The molecular weight excluding hydrogens is 442 g/mol. The van der Waals surface area contributed by atoms with Crippen molar-refractivity contribution >= 4 is 0 Å². The highest BCUT2D eigenvalue weighted by atomic mass is 19.4. The first-order valence-corrected chi connectivity index (χ1v) is 9.21. The molecule has 0 atom stereocenters. The summed E-state index contributed by atoms with van der Waals surface area (Å²) < 4.78 is 131. The van der Waals surface area contributed by atoms with Crippen molar-refractivity contribution in [1.29, 1.82) is 0 Å². The third-order valence-corrected chi connectivity index (χ3v) is 5.74. The number of hydrogen-bond acceptors (Lipinski definition) is 0. The molecule has 31 heavy (non-hydrogen) atoms. The third-order valence-electron chi connectivity index (χ3n) is 5.74. The van der Waals surface area contributed by atoms with E-state index < -0.39 is 55.3 Å². The Morgan fingerprint density at radius 3 is 1.16 bits per heavy atom. The molecule has 0 spiro atoms. The number of rotatable bonds is 6. The maximum atomic E-state index is 13.7. The van der Waals surface area contributed by atoms with Gasteiger partial charge >= 0.3 is 24.2 Å². The summed E-state index contributed by atoms with van der Waals surface area (Å²) in [6, 6.07) is 11.8. The second-order valence-corrected chi connectivity index (χ2v) is 7.58. The van der Waals surface area contributed by atoms with Crippen LogP contribution in [-0.4, -0.2) is 24.2 Å². The van der Waals surface area contributed by atoms with Gasteiger partial charge in [-0.15, -0.1) is 0 Å². The first-order chi connectivity index (χ1) is 14.1. The van der Waals surface area contributed by atoms with Crippen molar-refractivity contribution in [3.05, 3.63) is 59.7 Å². The molecule has 1 aliphatic carbocycles. The van der Waals surface area contributed by atoms with Crippen LogP contribution in [0, 0.1) is 0 Å². The third kappa shape index (κ3) is 4.01. The molecule has 170 valence electrons. The van der Waals surface area contributed by atoms with Crippen LogP contribution in [0.3, 0.4) is 0 Å².